The zero-order valence-electron chi connectivity index (χ0n) is 23.7. The molecule has 4 aromatic rings. The maximum Gasteiger partial charge on any atom is 0.241 e. The van der Waals surface area contributed by atoms with Gasteiger partial charge in [-0.1, -0.05) is 75.2 Å². The van der Waals surface area contributed by atoms with Gasteiger partial charge in [0.2, 0.25) is 16.0 Å². The fourth-order valence-corrected chi connectivity index (χ4v) is 6.16. The Balaban J connectivity index is 1.20. The van der Waals surface area contributed by atoms with Crippen LogP contribution in [0, 0.1) is 0 Å². The lowest BCUT2D eigenvalue weighted by atomic mass is 10.1. The second-order valence-corrected chi connectivity index (χ2v) is 11.7. The molecule has 0 atom stereocenters. The van der Waals surface area contributed by atoms with Gasteiger partial charge in [-0.05, 0) is 62.5 Å². The first-order valence-electron chi connectivity index (χ1n) is 14.5. The van der Waals surface area contributed by atoms with Crippen molar-refractivity contribution in [2.45, 2.75) is 50.8 Å². The molecule has 0 saturated heterocycles. The highest BCUT2D eigenvalue weighted by Crippen LogP contribution is 2.23. The fourth-order valence-electron chi connectivity index (χ4n) is 4.86. The summed E-state index contributed by atoms with van der Waals surface area (Å²) < 4.78 is 28.5. The summed E-state index contributed by atoms with van der Waals surface area (Å²) >= 11 is 0. The lowest BCUT2D eigenvalue weighted by molar-refractivity contribution is 0.303. The standard InChI is InChI=1S/C31H42N6O2S/c1-3-37(4-2)24-14-22-32-30-27-18-9-10-19-28(27)35-31(36-30)33-21-11-5-6-12-23-34-40(38,39)29-20-13-16-25-15-7-8-17-26(25)29/h7-10,13,15-20,34H,3-6,11-12,14,21-24H2,1-2H3,(H2,32,33,35,36). The summed E-state index contributed by atoms with van der Waals surface area (Å²) in [6.45, 7) is 9.66. The molecule has 3 N–H and O–H groups in total. The predicted octanol–water partition coefficient (Wildman–Crippen LogP) is 5.88. The minimum Gasteiger partial charge on any atom is -0.369 e. The molecule has 0 aliphatic heterocycles. The van der Waals surface area contributed by atoms with Crippen molar-refractivity contribution in [3.05, 3.63) is 66.7 Å². The molecule has 1 aromatic heterocycles. The molecule has 0 saturated carbocycles. The Morgan fingerprint density at radius 3 is 2.17 bits per heavy atom. The number of para-hydroxylation sites is 1. The number of hydrogen-bond donors (Lipinski definition) is 3. The van der Waals surface area contributed by atoms with E-state index in [-0.39, 0.29) is 0 Å². The smallest absolute Gasteiger partial charge is 0.241 e. The lowest BCUT2D eigenvalue weighted by Gasteiger charge is -2.18. The Labute approximate surface area is 238 Å². The SMILES string of the molecule is CCN(CC)CCCNc1nc(NCCCCCCNS(=O)(=O)c2cccc3ccccc23)nc2ccccc12. The van der Waals surface area contributed by atoms with Crippen LogP contribution in [0.2, 0.25) is 0 Å². The van der Waals surface area contributed by atoms with Gasteiger partial charge in [-0.2, -0.15) is 4.98 Å². The van der Waals surface area contributed by atoms with E-state index >= 15 is 0 Å². The van der Waals surface area contributed by atoms with Crippen LogP contribution in [0.4, 0.5) is 11.8 Å². The minimum atomic E-state index is -3.55. The number of nitrogens with zero attached hydrogens (tertiary/aromatic N) is 3. The molecule has 0 radical (unpaired) electrons. The molecule has 0 unspecified atom stereocenters. The normalized spacial score (nSPS) is 11.9. The van der Waals surface area contributed by atoms with Crippen molar-refractivity contribution in [1.29, 1.82) is 0 Å². The maximum absolute atomic E-state index is 12.9. The van der Waals surface area contributed by atoms with Crippen LogP contribution in [-0.4, -0.2) is 62.6 Å². The number of aromatic nitrogens is 2. The number of unbranched alkanes of at least 4 members (excludes halogenated alkanes) is 3. The van der Waals surface area contributed by atoms with Crippen LogP contribution in [0.25, 0.3) is 21.7 Å². The molecule has 0 bridgehead atoms. The predicted molar refractivity (Wildman–Crippen MR) is 167 cm³/mol. The van der Waals surface area contributed by atoms with Crippen molar-refractivity contribution in [1.82, 2.24) is 19.6 Å². The summed E-state index contributed by atoms with van der Waals surface area (Å²) in [6, 6.07) is 21.0. The van der Waals surface area contributed by atoms with Crippen LogP contribution in [0.3, 0.4) is 0 Å². The summed E-state index contributed by atoms with van der Waals surface area (Å²) in [5.74, 6) is 1.50. The summed E-state index contributed by atoms with van der Waals surface area (Å²) in [4.78, 5) is 12.2. The van der Waals surface area contributed by atoms with Crippen molar-refractivity contribution < 1.29 is 8.42 Å². The van der Waals surface area contributed by atoms with Crippen LogP contribution in [0.15, 0.2) is 71.6 Å². The fraction of sp³-hybridized carbons (Fsp3) is 0.419. The van der Waals surface area contributed by atoms with Crippen LogP contribution in [-0.2, 0) is 10.0 Å². The van der Waals surface area contributed by atoms with Gasteiger partial charge in [0.25, 0.3) is 0 Å². The van der Waals surface area contributed by atoms with Gasteiger partial charge in [0.15, 0.2) is 0 Å². The first-order valence-corrected chi connectivity index (χ1v) is 15.9. The van der Waals surface area contributed by atoms with Crippen molar-refractivity contribution >= 4 is 43.5 Å². The molecule has 1 heterocycles. The van der Waals surface area contributed by atoms with Gasteiger partial charge < -0.3 is 15.5 Å². The van der Waals surface area contributed by atoms with Crippen LogP contribution in [0.5, 0.6) is 0 Å². The molecule has 3 aromatic carbocycles. The van der Waals surface area contributed by atoms with Crippen molar-refractivity contribution in [2.75, 3.05) is 49.9 Å². The van der Waals surface area contributed by atoms with Gasteiger partial charge in [-0.3, -0.25) is 0 Å². The van der Waals surface area contributed by atoms with Gasteiger partial charge in [-0.15, -0.1) is 0 Å². The van der Waals surface area contributed by atoms with E-state index in [1.165, 1.54) is 0 Å². The highest BCUT2D eigenvalue weighted by molar-refractivity contribution is 7.89. The van der Waals surface area contributed by atoms with E-state index in [1.54, 1.807) is 12.1 Å². The van der Waals surface area contributed by atoms with E-state index in [1.807, 2.05) is 48.5 Å². The lowest BCUT2D eigenvalue weighted by Crippen LogP contribution is -2.25. The zero-order chi connectivity index (χ0) is 28.2. The van der Waals surface area contributed by atoms with E-state index in [0.29, 0.717) is 17.4 Å². The van der Waals surface area contributed by atoms with Crippen LogP contribution < -0.4 is 15.4 Å². The molecular formula is C31H42N6O2S. The number of benzene rings is 3. The first-order chi connectivity index (χ1) is 19.5. The average molecular weight is 563 g/mol. The molecule has 4 rings (SSSR count). The Morgan fingerprint density at radius 2 is 1.38 bits per heavy atom. The number of hydrogen-bond acceptors (Lipinski definition) is 7. The number of fused-ring (bicyclic) bond motifs is 2. The van der Waals surface area contributed by atoms with Crippen molar-refractivity contribution in [3.8, 4) is 0 Å². The number of rotatable bonds is 17. The number of sulfonamides is 1. The molecule has 8 nitrogen and oxygen atoms in total. The van der Waals surface area contributed by atoms with E-state index in [4.69, 9.17) is 9.97 Å². The Kier molecular flexibility index (Phi) is 11.1. The molecule has 9 heteroatoms. The average Bonchev–Trinajstić information content (AvgIpc) is 2.98. The summed E-state index contributed by atoms with van der Waals surface area (Å²) in [5, 5.41) is 9.59. The molecule has 0 fully saturated rings. The van der Waals surface area contributed by atoms with Crippen molar-refractivity contribution in [3.63, 3.8) is 0 Å². The van der Waals surface area contributed by atoms with Crippen molar-refractivity contribution in [2.24, 2.45) is 0 Å². The van der Waals surface area contributed by atoms with Gasteiger partial charge >= 0.3 is 0 Å². The Morgan fingerprint density at radius 1 is 0.700 bits per heavy atom. The number of nitrogens with one attached hydrogen (secondary N) is 3. The second-order valence-electron chi connectivity index (χ2n) is 9.94. The van der Waals surface area contributed by atoms with Gasteiger partial charge in [-0.25, -0.2) is 18.1 Å². The van der Waals surface area contributed by atoms with Gasteiger partial charge in [0.05, 0.1) is 10.4 Å². The van der Waals surface area contributed by atoms with E-state index in [2.05, 4.69) is 40.2 Å². The Bertz CT molecular complexity index is 1470. The summed E-state index contributed by atoms with van der Waals surface area (Å²) in [5.41, 5.74) is 0.921. The molecule has 0 aliphatic carbocycles. The van der Waals surface area contributed by atoms with Crippen LogP contribution >= 0.6 is 0 Å². The van der Waals surface area contributed by atoms with E-state index < -0.39 is 10.0 Å². The molecular weight excluding hydrogens is 520 g/mol. The summed E-state index contributed by atoms with van der Waals surface area (Å²) in [6.07, 6.45) is 4.74. The monoisotopic (exact) mass is 562 g/mol. The highest BCUT2D eigenvalue weighted by atomic mass is 32.2. The molecule has 0 amide bonds. The third-order valence-corrected chi connectivity index (χ3v) is 8.68. The topological polar surface area (TPSA) is 99.2 Å². The molecule has 0 spiro atoms. The maximum atomic E-state index is 12.9. The van der Waals surface area contributed by atoms with Gasteiger partial charge in [0, 0.05) is 30.4 Å². The molecule has 0 aliphatic rings. The Hall–Kier alpha value is -3.27. The van der Waals surface area contributed by atoms with Crippen LogP contribution in [0.1, 0.15) is 46.0 Å². The largest absolute Gasteiger partial charge is 0.369 e. The second kappa shape index (κ2) is 14.9. The number of anilines is 2. The van der Waals surface area contributed by atoms with E-state index in [9.17, 15) is 8.42 Å². The third kappa shape index (κ3) is 8.13. The highest BCUT2D eigenvalue weighted by Gasteiger charge is 2.16. The third-order valence-electron chi connectivity index (χ3n) is 7.16. The first kappa shape index (κ1) is 29.7. The quantitative estimate of drug-likeness (QED) is 0.138. The van der Waals surface area contributed by atoms with E-state index in [0.717, 1.165) is 92.3 Å². The molecule has 40 heavy (non-hydrogen) atoms. The minimum absolute atomic E-state index is 0.336. The zero-order valence-corrected chi connectivity index (χ0v) is 24.5. The summed E-state index contributed by atoms with van der Waals surface area (Å²) in [7, 11) is -3.55. The van der Waals surface area contributed by atoms with Gasteiger partial charge in [0.1, 0.15) is 5.82 Å². The molecule has 214 valence electrons.